The molecule has 0 radical (unpaired) electrons. The summed E-state index contributed by atoms with van der Waals surface area (Å²) in [6.07, 6.45) is 3.40. The summed E-state index contributed by atoms with van der Waals surface area (Å²) in [5.74, 6) is 0.166. The van der Waals surface area contributed by atoms with Crippen LogP contribution in [-0.4, -0.2) is 41.0 Å². The number of anilines is 1. The first-order valence-electron chi connectivity index (χ1n) is 9.88. The van der Waals surface area contributed by atoms with Gasteiger partial charge in [0.05, 0.1) is 36.4 Å². The number of carbonyl (C=O) groups is 1. The van der Waals surface area contributed by atoms with E-state index in [1.807, 2.05) is 35.9 Å². The Bertz CT molecular complexity index is 1110. The molecule has 1 fully saturated rings. The number of hydrogen-bond donors (Lipinski definition) is 2. The van der Waals surface area contributed by atoms with Crippen LogP contribution < -0.4 is 15.6 Å². The Morgan fingerprint density at radius 1 is 1.23 bits per heavy atom. The predicted octanol–water partition coefficient (Wildman–Crippen LogP) is 3.16. The van der Waals surface area contributed by atoms with Gasteiger partial charge < -0.3 is 19.8 Å². The second kappa shape index (κ2) is 8.54. The van der Waals surface area contributed by atoms with Crippen LogP contribution in [0.1, 0.15) is 34.9 Å². The highest BCUT2D eigenvalue weighted by Crippen LogP contribution is 2.28. The molecule has 3 heterocycles. The maximum absolute atomic E-state index is 12.7. The van der Waals surface area contributed by atoms with Gasteiger partial charge in [0.15, 0.2) is 0 Å². The highest BCUT2D eigenvalue weighted by Gasteiger charge is 2.21. The lowest BCUT2D eigenvalue weighted by molar-refractivity contribution is 0.0657. The third kappa shape index (κ3) is 3.86. The average Bonchev–Trinajstić information content (AvgIpc) is 3.14. The Morgan fingerprint density at radius 2 is 2.00 bits per heavy atom. The van der Waals surface area contributed by atoms with E-state index in [1.165, 1.54) is 6.07 Å². The minimum Gasteiger partial charge on any atom is -0.496 e. The largest absolute Gasteiger partial charge is 0.496 e. The van der Waals surface area contributed by atoms with Crippen LogP contribution in [0.15, 0.2) is 47.4 Å². The molecule has 0 bridgehead atoms. The van der Waals surface area contributed by atoms with Gasteiger partial charge in [-0.15, -0.1) is 0 Å². The van der Waals surface area contributed by atoms with E-state index in [9.17, 15) is 9.59 Å². The maximum Gasteiger partial charge on any atom is 0.261 e. The molecule has 0 spiro atoms. The van der Waals surface area contributed by atoms with Gasteiger partial charge in [0.25, 0.3) is 11.5 Å². The van der Waals surface area contributed by atoms with Gasteiger partial charge in [-0.25, -0.2) is 0 Å². The van der Waals surface area contributed by atoms with Crippen LogP contribution in [0.3, 0.4) is 0 Å². The molecule has 0 atom stereocenters. The van der Waals surface area contributed by atoms with Crippen molar-refractivity contribution in [2.75, 3.05) is 25.6 Å². The summed E-state index contributed by atoms with van der Waals surface area (Å²) in [6, 6.07) is 10.8. The summed E-state index contributed by atoms with van der Waals surface area (Å²) < 4.78 is 12.7. The highest BCUT2D eigenvalue weighted by atomic mass is 16.5. The van der Waals surface area contributed by atoms with Gasteiger partial charge in [0, 0.05) is 18.8 Å². The Balaban J connectivity index is 1.54. The van der Waals surface area contributed by atoms with Gasteiger partial charge in [-0.3, -0.25) is 14.3 Å². The summed E-state index contributed by atoms with van der Waals surface area (Å²) in [4.78, 5) is 28.1. The Labute approximate surface area is 173 Å². The monoisotopic (exact) mass is 408 g/mol. The van der Waals surface area contributed by atoms with Crippen molar-refractivity contribution in [2.45, 2.75) is 25.8 Å². The zero-order valence-corrected chi connectivity index (χ0v) is 17.0. The first kappa shape index (κ1) is 19.9. The fourth-order valence-corrected chi connectivity index (χ4v) is 3.71. The lowest BCUT2D eigenvalue weighted by Crippen LogP contribution is -2.24. The molecule has 0 unspecified atom stereocenters. The number of ether oxygens (including phenoxy) is 2. The number of hydrogen-bond acceptors (Lipinski definition) is 5. The number of nitrogens with zero attached hydrogens (tertiary/aromatic N) is 2. The summed E-state index contributed by atoms with van der Waals surface area (Å²) in [7, 11) is 1.57. The molecule has 1 aliphatic heterocycles. The number of H-pyrrole nitrogens is 1. The van der Waals surface area contributed by atoms with E-state index >= 15 is 0 Å². The van der Waals surface area contributed by atoms with Gasteiger partial charge in [0.1, 0.15) is 11.3 Å². The number of aromatic amines is 1. The number of rotatable bonds is 5. The van der Waals surface area contributed by atoms with Crippen LogP contribution >= 0.6 is 0 Å². The van der Waals surface area contributed by atoms with Gasteiger partial charge in [-0.2, -0.15) is 5.10 Å². The first-order chi connectivity index (χ1) is 14.6. The molecule has 3 aromatic rings. The van der Waals surface area contributed by atoms with Crippen molar-refractivity contribution in [1.82, 2.24) is 14.8 Å². The van der Waals surface area contributed by atoms with E-state index in [4.69, 9.17) is 9.47 Å². The van der Waals surface area contributed by atoms with E-state index in [0.29, 0.717) is 30.3 Å². The number of pyridine rings is 1. The highest BCUT2D eigenvalue weighted by molar-refractivity contribution is 6.04. The molecule has 0 saturated carbocycles. The number of aromatic nitrogens is 3. The quantitative estimate of drug-likeness (QED) is 0.676. The standard InChI is InChI=1S/C22H24N4O4/c1-14-19(13-23-26(14)15-9-11-30-12-10-15)25-22(28)17-7-8-18(24-21(17)27)16-5-3-4-6-20(16)29-2/h3-8,13,15H,9-12H2,1-2H3,(H,24,27)(H,25,28). The van der Waals surface area contributed by atoms with Crippen molar-refractivity contribution in [1.29, 1.82) is 0 Å². The van der Waals surface area contributed by atoms with E-state index in [0.717, 1.165) is 24.1 Å². The number of methoxy groups -OCH3 is 1. The molecule has 156 valence electrons. The molecule has 1 amide bonds. The number of carbonyl (C=O) groups excluding carboxylic acids is 1. The van der Waals surface area contributed by atoms with Gasteiger partial charge in [0.2, 0.25) is 0 Å². The molecule has 0 aliphatic carbocycles. The van der Waals surface area contributed by atoms with Crippen LogP contribution in [0.2, 0.25) is 0 Å². The molecule has 1 aliphatic rings. The molecule has 1 saturated heterocycles. The van der Waals surface area contributed by atoms with Crippen molar-refractivity contribution in [3.05, 3.63) is 64.2 Å². The lowest BCUT2D eigenvalue weighted by Gasteiger charge is -2.23. The van der Waals surface area contributed by atoms with Gasteiger partial charge in [-0.05, 0) is 44.0 Å². The minimum atomic E-state index is -0.475. The molecular weight excluding hydrogens is 384 g/mol. The van der Waals surface area contributed by atoms with E-state index in [1.54, 1.807) is 19.4 Å². The van der Waals surface area contributed by atoms with Crippen molar-refractivity contribution < 1.29 is 14.3 Å². The Kier molecular flexibility index (Phi) is 5.67. The van der Waals surface area contributed by atoms with Crippen molar-refractivity contribution in [3.8, 4) is 17.0 Å². The van der Waals surface area contributed by atoms with Crippen LogP contribution in [0.4, 0.5) is 5.69 Å². The predicted molar refractivity (Wildman–Crippen MR) is 113 cm³/mol. The zero-order chi connectivity index (χ0) is 21.1. The third-order valence-corrected chi connectivity index (χ3v) is 5.38. The fourth-order valence-electron chi connectivity index (χ4n) is 3.71. The van der Waals surface area contributed by atoms with Crippen LogP contribution in [0.25, 0.3) is 11.3 Å². The van der Waals surface area contributed by atoms with Gasteiger partial charge >= 0.3 is 0 Å². The molecule has 1 aromatic carbocycles. The molecule has 30 heavy (non-hydrogen) atoms. The smallest absolute Gasteiger partial charge is 0.261 e. The number of amides is 1. The molecular formula is C22H24N4O4. The minimum absolute atomic E-state index is 0.0341. The molecule has 8 nitrogen and oxygen atoms in total. The molecule has 2 aromatic heterocycles. The Morgan fingerprint density at radius 3 is 2.73 bits per heavy atom. The summed E-state index contributed by atoms with van der Waals surface area (Å²) in [5.41, 5.74) is 2.35. The van der Waals surface area contributed by atoms with Crippen molar-refractivity contribution >= 4 is 11.6 Å². The lowest BCUT2D eigenvalue weighted by atomic mass is 10.1. The summed E-state index contributed by atoms with van der Waals surface area (Å²) >= 11 is 0. The normalized spacial score (nSPS) is 14.5. The molecule has 4 rings (SSSR count). The van der Waals surface area contributed by atoms with Crippen molar-refractivity contribution in [2.24, 2.45) is 0 Å². The second-order valence-electron chi connectivity index (χ2n) is 7.20. The maximum atomic E-state index is 12.7. The van der Waals surface area contributed by atoms with E-state index < -0.39 is 11.5 Å². The SMILES string of the molecule is COc1ccccc1-c1ccc(C(=O)Nc2cnn(C3CCOCC3)c2C)c(=O)[nH]1. The van der Waals surface area contributed by atoms with E-state index in [-0.39, 0.29) is 11.6 Å². The average molecular weight is 408 g/mol. The second-order valence-corrected chi connectivity index (χ2v) is 7.20. The van der Waals surface area contributed by atoms with Crippen LogP contribution in [0, 0.1) is 6.92 Å². The Hall–Kier alpha value is -3.39. The topological polar surface area (TPSA) is 98.2 Å². The fraction of sp³-hybridized carbons (Fsp3) is 0.318. The first-order valence-corrected chi connectivity index (χ1v) is 9.88. The number of benzene rings is 1. The van der Waals surface area contributed by atoms with Crippen LogP contribution in [-0.2, 0) is 4.74 Å². The number of para-hydroxylation sites is 1. The summed E-state index contributed by atoms with van der Waals surface area (Å²) in [6.45, 7) is 3.33. The molecule has 8 heteroatoms. The van der Waals surface area contributed by atoms with Crippen LogP contribution in [0.5, 0.6) is 5.75 Å². The third-order valence-electron chi connectivity index (χ3n) is 5.38. The zero-order valence-electron chi connectivity index (χ0n) is 17.0. The summed E-state index contributed by atoms with van der Waals surface area (Å²) in [5, 5.41) is 7.24. The van der Waals surface area contributed by atoms with Crippen molar-refractivity contribution in [3.63, 3.8) is 0 Å². The van der Waals surface area contributed by atoms with E-state index in [2.05, 4.69) is 15.4 Å². The van der Waals surface area contributed by atoms with Gasteiger partial charge in [-0.1, -0.05) is 12.1 Å². The molecule has 2 N–H and O–H groups in total. The number of nitrogens with one attached hydrogen (secondary N) is 2.